The number of esters is 1. The molecule has 0 bridgehead atoms. The Morgan fingerprint density at radius 1 is 1.18 bits per heavy atom. The predicted octanol–water partition coefficient (Wildman–Crippen LogP) is 3.31. The summed E-state index contributed by atoms with van der Waals surface area (Å²) >= 11 is 0. The highest BCUT2D eigenvalue weighted by Crippen LogP contribution is 2.25. The van der Waals surface area contributed by atoms with Crippen LogP contribution >= 0.6 is 0 Å². The van der Waals surface area contributed by atoms with E-state index in [2.05, 4.69) is 24.0 Å². The van der Waals surface area contributed by atoms with E-state index in [0.717, 1.165) is 16.6 Å². The fraction of sp³-hybridized carbons (Fsp3) is 0.429. The minimum Gasteiger partial charge on any atom is -0.465 e. The van der Waals surface area contributed by atoms with E-state index in [1.807, 2.05) is 20.8 Å². The van der Waals surface area contributed by atoms with Crippen LogP contribution < -0.4 is 5.56 Å². The molecule has 7 heteroatoms. The highest BCUT2D eigenvalue weighted by molar-refractivity contribution is 5.89. The van der Waals surface area contributed by atoms with E-state index in [1.165, 1.54) is 11.8 Å². The summed E-state index contributed by atoms with van der Waals surface area (Å²) < 4.78 is 7.98. The highest BCUT2D eigenvalue weighted by Gasteiger charge is 2.23. The number of hydrogen-bond acceptors (Lipinski definition) is 5. The topological polar surface area (TPSA) is 79.0 Å². The second kappa shape index (κ2) is 7.22. The van der Waals surface area contributed by atoms with Gasteiger partial charge in [0.1, 0.15) is 5.52 Å². The molecule has 0 atom stereocenters. The fourth-order valence-electron chi connectivity index (χ4n) is 3.17. The summed E-state index contributed by atoms with van der Waals surface area (Å²) in [4.78, 5) is 24.8. The minimum absolute atomic E-state index is 0.147. The third-order valence-corrected chi connectivity index (χ3v) is 4.60. The van der Waals surface area contributed by atoms with Crippen LogP contribution in [0.5, 0.6) is 0 Å². The van der Waals surface area contributed by atoms with Crippen molar-refractivity contribution in [2.75, 3.05) is 7.11 Å². The number of aromatic nitrogens is 4. The lowest BCUT2D eigenvalue weighted by atomic mass is 10.1. The zero-order chi connectivity index (χ0) is 20.6. The molecule has 1 aromatic carbocycles. The zero-order valence-corrected chi connectivity index (χ0v) is 17.2. The molecule has 0 saturated heterocycles. The number of carbonyl (C=O) groups excluding carboxylic acids is 1. The molecule has 7 nitrogen and oxygen atoms in total. The molecule has 148 valence electrons. The van der Waals surface area contributed by atoms with E-state index in [4.69, 9.17) is 4.74 Å². The Balaban J connectivity index is 2.12. The lowest BCUT2D eigenvalue weighted by Crippen LogP contribution is -2.31. The van der Waals surface area contributed by atoms with Gasteiger partial charge >= 0.3 is 5.97 Å². The Morgan fingerprint density at radius 3 is 2.36 bits per heavy atom. The smallest absolute Gasteiger partial charge is 0.337 e. The van der Waals surface area contributed by atoms with E-state index in [0.29, 0.717) is 17.6 Å². The Bertz CT molecular complexity index is 1070. The Hall–Kier alpha value is -2.96. The summed E-state index contributed by atoms with van der Waals surface area (Å²) in [6, 6.07) is 6.99. The van der Waals surface area contributed by atoms with Crippen LogP contribution in [0.1, 0.15) is 62.2 Å². The van der Waals surface area contributed by atoms with Gasteiger partial charge in [-0.15, -0.1) is 0 Å². The van der Waals surface area contributed by atoms with Gasteiger partial charge in [-0.1, -0.05) is 26.0 Å². The molecule has 2 heterocycles. The number of nitrogens with zero attached hydrogens (tertiary/aromatic N) is 4. The number of methoxy groups -OCH3 is 1. The van der Waals surface area contributed by atoms with Crippen LogP contribution in [0.3, 0.4) is 0 Å². The average Bonchev–Trinajstić information content (AvgIpc) is 3.09. The molecular weight excluding hydrogens is 356 g/mol. The standard InChI is InChI=1S/C21H26N4O3/c1-13(2)17-16-11-22-25(21(3,4)5)18(16)19(26)24(23-17)12-14-7-9-15(10-8-14)20(27)28-6/h7-11,13H,12H2,1-6H3. The molecule has 0 aliphatic rings. The van der Waals surface area contributed by atoms with Crippen molar-refractivity contribution >= 4 is 16.9 Å². The van der Waals surface area contributed by atoms with Crippen molar-refractivity contribution < 1.29 is 9.53 Å². The fourth-order valence-corrected chi connectivity index (χ4v) is 3.17. The zero-order valence-electron chi connectivity index (χ0n) is 17.2. The molecule has 0 N–H and O–H groups in total. The first-order valence-corrected chi connectivity index (χ1v) is 9.30. The molecular formula is C21H26N4O3. The van der Waals surface area contributed by atoms with Gasteiger partial charge in [-0.05, 0) is 44.4 Å². The maximum Gasteiger partial charge on any atom is 0.337 e. The van der Waals surface area contributed by atoms with Gasteiger partial charge in [-0.25, -0.2) is 9.48 Å². The van der Waals surface area contributed by atoms with Gasteiger partial charge in [0.05, 0.1) is 36.6 Å². The minimum atomic E-state index is -0.389. The van der Waals surface area contributed by atoms with Gasteiger partial charge in [0.2, 0.25) is 0 Å². The Morgan fingerprint density at radius 2 is 1.82 bits per heavy atom. The molecule has 28 heavy (non-hydrogen) atoms. The van der Waals surface area contributed by atoms with E-state index in [-0.39, 0.29) is 23.0 Å². The second-order valence-electron chi connectivity index (χ2n) is 8.18. The molecule has 0 unspecified atom stereocenters. The summed E-state index contributed by atoms with van der Waals surface area (Å²) in [6.45, 7) is 10.5. The average molecular weight is 382 g/mol. The van der Waals surface area contributed by atoms with E-state index >= 15 is 0 Å². The molecule has 2 aromatic heterocycles. The molecule has 3 aromatic rings. The van der Waals surface area contributed by atoms with Gasteiger partial charge in [0.25, 0.3) is 5.56 Å². The summed E-state index contributed by atoms with van der Waals surface area (Å²) in [5.41, 5.74) is 2.25. The van der Waals surface area contributed by atoms with Gasteiger partial charge in [-0.3, -0.25) is 9.48 Å². The first-order valence-electron chi connectivity index (χ1n) is 9.30. The number of rotatable bonds is 4. The van der Waals surface area contributed by atoms with E-state index < -0.39 is 0 Å². The highest BCUT2D eigenvalue weighted by atomic mass is 16.5. The van der Waals surface area contributed by atoms with Crippen molar-refractivity contribution in [3.8, 4) is 0 Å². The summed E-state index contributed by atoms with van der Waals surface area (Å²) in [6.07, 6.45) is 1.74. The second-order valence-corrected chi connectivity index (χ2v) is 8.18. The van der Waals surface area contributed by atoms with E-state index in [1.54, 1.807) is 35.1 Å². The first-order chi connectivity index (χ1) is 13.1. The van der Waals surface area contributed by atoms with Crippen LogP contribution in [0.2, 0.25) is 0 Å². The third-order valence-electron chi connectivity index (χ3n) is 4.60. The van der Waals surface area contributed by atoms with Crippen LogP contribution in [-0.4, -0.2) is 32.6 Å². The predicted molar refractivity (Wildman–Crippen MR) is 108 cm³/mol. The van der Waals surface area contributed by atoms with Crippen LogP contribution in [0.4, 0.5) is 0 Å². The SMILES string of the molecule is COC(=O)c1ccc(Cn2nc(C(C)C)c3cnn(C(C)(C)C)c3c2=O)cc1. The molecule has 0 fully saturated rings. The maximum absolute atomic E-state index is 13.2. The van der Waals surface area contributed by atoms with Crippen molar-refractivity contribution in [1.82, 2.24) is 19.6 Å². The number of ether oxygens (including phenoxy) is 1. The summed E-state index contributed by atoms with van der Waals surface area (Å²) in [7, 11) is 1.35. The number of benzene rings is 1. The van der Waals surface area contributed by atoms with Crippen LogP contribution in [-0.2, 0) is 16.8 Å². The van der Waals surface area contributed by atoms with Gasteiger partial charge in [0, 0.05) is 5.39 Å². The largest absolute Gasteiger partial charge is 0.465 e. The summed E-state index contributed by atoms with van der Waals surface area (Å²) in [5.74, 6) is -0.242. The van der Waals surface area contributed by atoms with Crippen molar-refractivity contribution in [3.63, 3.8) is 0 Å². The van der Waals surface area contributed by atoms with Crippen molar-refractivity contribution in [1.29, 1.82) is 0 Å². The van der Waals surface area contributed by atoms with Gasteiger partial charge < -0.3 is 4.74 Å². The third kappa shape index (κ3) is 3.56. The summed E-state index contributed by atoms with van der Waals surface area (Å²) in [5, 5.41) is 9.89. The van der Waals surface area contributed by atoms with Crippen molar-refractivity contribution in [2.45, 2.75) is 52.6 Å². The molecule has 0 radical (unpaired) electrons. The lowest BCUT2D eigenvalue weighted by Gasteiger charge is -2.21. The number of hydrogen-bond donors (Lipinski definition) is 0. The van der Waals surface area contributed by atoms with Crippen molar-refractivity contribution in [3.05, 3.63) is 57.6 Å². The molecule has 0 spiro atoms. The van der Waals surface area contributed by atoms with Crippen molar-refractivity contribution in [2.24, 2.45) is 0 Å². The quantitative estimate of drug-likeness (QED) is 0.647. The van der Waals surface area contributed by atoms with Crippen LogP contribution in [0.25, 0.3) is 10.9 Å². The Labute approximate surface area is 163 Å². The molecule has 0 aliphatic heterocycles. The first kappa shape index (κ1) is 19.8. The number of fused-ring (bicyclic) bond motifs is 1. The molecule has 0 amide bonds. The van der Waals surface area contributed by atoms with Crippen LogP contribution in [0.15, 0.2) is 35.3 Å². The molecule has 0 aliphatic carbocycles. The van der Waals surface area contributed by atoms with E-state index in [9.17, 15) is 9.59 Å². The van der Waals surface area contributed by atoms with Gasteiger partial charge in [0.15, 0.2) is 0 Å². The van der Waals surface area contributed by atoms with Crippen LogP contribution in [0, 0.1) is 0 Å². The molecule has 3 rings (SSSR count). The molecule has 0 saturated carbocycles. The Kier molecular flexibility index (Phi) is 5.10. The normalized spacial score (nSPS) is 12.0. The lowest BCUT2D eigenvalue weighted by molar-refractivity contribution is 0.0600. The monoisotopic (exact) mass is 382 g/mol. The van der Waals surface area contributed by atoms with Gasteiger partial charge in [-0.2, -0.15) is 10.2 Å². The number of carbonyl (C=O) groups is 1. The maximum atomic E-state index is 13.2.